The van der Waals surface area contributed by atoms with Crippen molar-refractivity contribution in [3.05, 3.63) is 46.2 Å². The molecule has 28 heavy (non-hydrogen) atoms. The Hall–Kier alpha value is -2.18. The summed E-state index contributed by atoms with van der Waals surface area (Å²) in [4.78, 5) is 30.5. The molecule has 0 spiro atoms. The van der Waals surface area contributed by atoms with Gasteiger partial charge in [-0.1, -0.05) is 24.6 Å². The second kappa shape index (κ2) is 7.33. The molecule has 3 saturated heterocycles. The lowest BCUT2D eigenvalue weighted by atomic mass is 9.73. The van der Waals surface area contributed by atoms with Crippen molar-refractivity contribution in [3.8, 4) is 0 Å². The highest BCUT2D eigenvalue weighted by Gasteiger charge is 2.45. The Balaban J connectivity index is 1.37. The maximum Gasteiger partial charge on any atom is 0.252 e. The van der Waals surface area contributed by atoms with Crippen molar-refractivity contribution in [2.24, 2.45) is 11.8 Å². The van der Waals surface area contributed by atoms with E-state index in [4.69, 9.17) is 0 Å². The molecule has 0 unspecified atom stereocenters. The third-order valence-corrected chi connectivity index (χ3v) is 6.99. The zero-order valence-corrected chi connectivity index (χ0v) is 16.1. The lowest BCUT2D eigenvalue weighted by Gasteiger charge is -2.55. The number of rotatable bonds is 3. The molecular weight excluding hydrogens is 352 g/mol. The number of nitrogens with one attached hydrogen (secondary N) is 3. The number of hydrogen-bond acceptors (Lipinski definition) is 4. The molecule has 4 atom stereocenters. The number of pyridine rings is 1. The molecule has 0 aliphatic carbocycles. The summed E-state index contributed by atoms with van der Waals surface area (Å²) in [6.45, 7) is 3.96. The Labute approximate surface area is 164 Å². The number of nitrogens with zero attached hydrogens (tertiary/aromatic N) is 1. The summed E-state index contributed by atoms with van der Waals surface area (Å²) >= 11 is 0. The Morgan fingerprint density at radius 3 is 2.96 bits per heavy atom. The standard InChI is InChI=1S/C22H28N4O2/c27-21-10-17(16-5-1-2-6-18(16)25-21)22(28)24-13-20-15-9-14(11-23-12-15)19-7-3-4-8-26(19)20/h1-2,5-6,10,14-15,19-20,23H,3-4,7-9,11-13H2,(H,24,28)(H,25,27)/t14-,15+,19+,20+/m1/s1. The van der Waals surface area contributed by atoms with Crippen LogP contribution in [0.4, 0.5) is 0 Å². The van der Waals surface area contributed by atoms with Crippen LogP contribution < -0.4 is 16.2 Å². The molecule has 1 aromatic carbocycles. The molecular formula is C22H28N4O2. The molecule has 3 fully saturated rings. The average Bonchev–Trinajstić information content (AvgIpc) is 2.73. The highest BCUT2D eigenvalue weighted by molar-refractivity contribution is 6.05. The van der Waals surface area contributed by atoms with Crippen LogP contribution in [-0.4, -0.2) is 54.1 Å². The molecule has 3 N–H and O–H groups in total. The van der Waals surface area contributed by atoms with Gasteiger partial charge >= 0.3 is 0 Å². The molecule has 6 nitrogen and oxygen atoms in total. The van der Waals surface area contributed by atoms with Crippen molar-refractivity contribution >= 4 is 16.8 Å². The summed E-state index contributed by atoms with van der Waals surface area (Å²) in [7, 11) is 0. The van der Waals surface area contributed by atoms with Gasteiger partial charge in [-0.05, 0) is 56.8 Å². The summed E-state index contributed by atoms with van der Waals surface area (Å²) in [6.07, 6.45) is 5.12. The number of carbonyl (C=O) groups is 1. The summed E-state index contributed by atoms with van der Waals surface area (Å²) in [6, 6.07) is 9.93. The molecule has 0 radical (unpaired) electrons. The lowest BCUT2D eigenvalue weighted by molar-refractivity contribution is -0.0371. The first kappa shape index (κ1) is 17.9. The van der Waals surface area contributed by atoms with Gasteiger partial charge in [0.2, 0.25) is 5.56 Å². The Bertz CT molecular complexity index is 940. The minimum Gasteiger partial charge on any atom is -0.350 e. The summed E-state index contributed by atoms with van der Waals surface area (Å²) < 4.78 is 0. The number of fused-ring (bicyclic) bond motifs is 5. The normalized spacial score (nSPS) is 30.0. The van der Waals surface area contributed by atoms with E-state index in [1.807, 2.05) is 24.3 Å². The predicted molar refractivity (Wildman–Crippen MR) is 110 cm³/mol. The van der Waals surface area contributed by atoms with Crippen LogP contribution in [0, 0.1) is 11.8 Å². The zero-order chi connectivity index (χ0) is 19.1. The Morgan fingerprint density at radius 2 is 2.04 bits per heavy atom. The maximum atomic E-state index is 13.0. The molecule has 0 saturated carbocycles. The zero-order valence-electron chi connectivity index (χ0n) is 16.1. The largest absolute Gasteiger partial charge is 0.350 e. The lowest BCUT2D eigenvalue weighted by Crippen LogP contribution is -2.65. The molecule has 3 aliphatic heterocycles. The van der Waals surface area contributed by atoms with Gasteiger partial charge in [-0.15, -0.1) is 0 Å². The second-order valence-electron chi connectivity index (χ2n) is 8.59. The van der Waals surface area contributed by atoms with Gasteiger partial charge in [0.25, 0.3) is 5.91 Å². The van der Waals surface area contributed by atoms with Gasteiger partial charge in [-0.2, -0.15) is 0 Å². The van der Waals surface area contributed by atoms with Crippen molar-refractivity contribution in [3.63, 3.8) is 0 Å². The van der Waals surface area contributed by atoms with Crippen LogP contribution in [0.25, 0.3) is 10.9 Å². The van der Waals surface area contributed by atoms with Crippen LogP contribution >= 0.6 is 0 Å². The average molecular weight is 380 g/mol. The van der Waals surface area contributed by atoms with E-state index < -0.39 is 0 Å². The fraction of sp³-hybridized carbons (Fsp3) is 0.545. The fourth-order valence-corrected chi connectivity index (χ4v) is 5.73. The van der Waals surface area contributed by atoms with Crippen molar-refractivity contribution in [1.29, 1.82) is 0 Å². The topological polar surface area (TPSA) is 77.2 Å². The number of benzene rings is 1. The molecule has 1 aromatic heterocycles. The van der Waals surface area contributed by atoms with Gasteiger partial charge in [-0.25, -0.2) is 0 Å². The van der Waals surface area contributed by atoms with Crippen LogP contribution in [-0.2, 0) is 0 Å². The first-order chi connectivity index (χ1) is 13.7. The number of para-hydroxylation sites is 1. The third kappa shape index (κ3) is 3.14. The molecule has 2 aromatic rings. The quantitative estimate of drug-likeness (QED) is 0.758. The van der Waals surface area contributed by atoms with E-state index in [0.717, 1.165) is 30.9 Å². The van der Waals surface area contributed by atoms with Crippen LogP contribution in [0.1, 0.15) is 36.0 Å². The molecule has 2 bridgehead atoms. The molecule has 5 rings (SSSR count). The van der Waals surface area contributed by atoms with Crippen LogP contribution in [0.15, 0.2) is 35.1 Å². The number of hydrogen-bond donors (Lipinski definition) is 3. The van der Waals surface area contributed by atoms with Crippen molar-refractivity contribution in [2.45, 2.75) is 37.8 Å². The van der Waals surface area contributed by atoms with Gasteiger partial charge < -0.3 is 15.6 Å². The number of carbonyl (C=O) groups excluding carboxylic acids is 1. The minimum absolute atomic E-state index is 0.151. The predicted octanol–water partition coefficient (Wildman–Crippen LogP) is 1.72. The second-order valence-corrected chi connectivity index (χ2v) is 8.59. The van der Waals surface area contributed by atoms with E-state index in [-0.39, 0.29) is 11.5 Å². The van der Waals surface area contributed by atoms with E-state index in [9.17, 15) is 9.59 Å². The van der Waals surface area contributed by atoms with Gasteiger partial charge in [0, 0.05) is 35.6 Å². The SMILES string of the molecule is O=C(NC[C@H]1[C@@H]2CNC[C@@H](C2)[C@@H]2CCCCN21)c1cc(=O)[nH]c2ccccc12. The van der Waals surface area contributed by atoms with Gasteiger partial charge in [0.05, 0.1) is 5.56 Å². The van der Waals surface area contributed by atoms with Gasteiger partial charge in [-0.3, -0.25) is 14.5 Å². The van der Waals surface area contributed by atoms with E-state index in [0.29, 0.717) is 35.6 Å². The summed E-state index contributed by atoms with van der Waals surface area (Å²) in [5, 5.41) is 7.57. The van der Waals surface area contributed by atoms with Crippen LogP contribution in [0.2, 0.25) is 0 Å². The molecule has 1 amide bonds. The van der Waals surface area contributed by atoms with E-state index in [1.54, 1.807) is 0 Å². The smallest absolute Gasteiger partial charge is 0.252 e. The van der Waals surface area contributed by atoms with Gasteiger partial charge in [0.15, 0.2) is 0 Å². The minimum atomic E-state index is -0.239. The summed E-state index contributed by atoms with van der Waals surface area (Å²) in [5.74, 6) is 1.19. The van der Waals surface area contributed by atoms with E-state index in [1.165, 1.54) is 31.7 Å². The first-order valence-corrected chi connectivity index (χ1v) is 10.6. The van der Waals surface area contributed by atoms with Crippen molar-refractivity contribution < 1.29 is 4.79 Å². The summed E-state index contributed by atoms with van der Waals surface area (Å²) in [5.41, 5.74) is 0.926. The van der Waals surface area contributed by atoms with E-state index in [2.05, 4.69) is 20.5 Å². The molecule has 148 valence electrons. The van der Waals surface area contributed by atoms with Crippen LogP contribution in [0.3, 0.4) is 0 Å². The number of H-pyrrole nitrogens is 1. The number of aromatic nitrogens is 1. The third-order valence-electron chi connectivity index (χ3n) is 6.99. The monoisotopic (exact) mass is 380 g/mol. The van der Waals surface area contributed by atoms with Crippen molar-refractivity contribution in [2.75, 3.05) is 26.2 Å². The highest BCUT2D eigenvalue weighted by atomic mass is 16.2. The molecule has 3 aliphatic rings. The molecule has 4 heterocycles. The number of piperidine rings is 3. The number of amides is 1. The first-order valence-electron chi connectivity index (χ1n) is 10.6. The van der Waals surface area contributed by atoms with Crippen molar-refractivity contribution in [1.82, 2.24) is 20.5 Å². The fourth-order valence-electron chi connectivity index (χ4n) is 5.73. The molecule has 6 heteroatoms. The van der Waals surface area contributed by atoms with Crippen LogP contribution in [0.5, 0.6) is 0 Å². The Morgan fingerprint density at radius 1 is 1.18 bits per heavy atom. The number of aromatic amines is 1. The Kier molecular flexibility index (Phi) is 4.69. The maximum absolute atomic E-state index is 13.0. The van der Waals surface area contributed by atoms with Gasteiger partial charge in [0.1, 0.15) is 0 Å². The highest BCUT2D eigenvalue weighted by Crippen LogP contribution is 2.38. The van der Waals surface area contributed by atoms with E-state index >= 15 is 0 Å².